The number of nitrogens with zero attached hydrogens (tertiary/aromatic N) is 3. The highest BCUT2D eigenvalue weighted by molar-refractivity contribution is 6.05. The van der Waals surface area contributed by atoms with Crippen molar-refractivity contribution in [1.29, 1.82) is 0 Å². The largest absolute Gasteiger partial charge is 0.322 e. The average molecular weight is 384 g/mol. The van der Waals surface area contributed by atoms with Crippen molar-refractivity contribution in [2.45, 2.75) is 33.2 Å². The molecule has 5 nitrogen and oxygen atoms in total. The number of carbonyl (C=O) groups excluding carboxylic acids is 1. The second-order valence-electron chi connectivity index (χ2n) is 7.02. The van der Waals surface area contributed by atoms with Crippen LogP contribution in [-0.4, -0.2) is 20.4 Å². The molecule has 0 aliphatic rings. The predicted molar refractivity (Wildman–Crippen MR) is 117 cm³/mol. The number of carbonyl (C=O) groups is 1. The van der Waals surface area contributed by atoms with E-state index in [1.807, 2.05) is 54.6 Å². The molecule has 0 aliphatic heterocycles. The topological polar surface area (TPSA) is 59.8 Å². The van der Waals surface area contributed by atoms with Crippen molar-refractivity contribution in [3.63, 3.8) is 0 Å². The van der Waals surface area contributed by atoms with Crippen LogP contribution in [0.15, 0.2) is 66.9 Å². The highest BCUT2D eigenvalue weighted by Gasteiger charge is 2.15. The van der Waals surface area contributed by atoms with Crippen LogP contribution in [0.2, 0.25) is 0 Å². The highest BCUT2D eigenvalue weighted by atomic mass is 16.1. The third-order valence-corrected chi connectivity index (χ3v) is 4.93. The Kier molecular flexibility index (Phi) is 5.38. The number of anilines is 1. The number of aromatic nitrogens is 3. The van der Waals surface area contributed by atoms with E-state index in [0.29, 0.717) is 5.56 Å². The molecule has 2 aromatic heterocycles. The first-order chi connectivity index (χ1) is 14.2. The Morgan fingerprint density at radius 3 is 2.72 bits per heavy atom. The zero-order valence-electron chi connectivity index (χ0n) is 16.7. The molecule has 146 valence electrons. The normalized spacial score (nSPS) is 11.0. The number of nitrogens with one attached hydrogen (secondary N) is 1. The van der Waals surface area contributed by atoms with Crippen molar-refractivity contribution in [2.75, 3.05) is 5.32 Å². The monoisotopic (exact) mass is 384 g/mol. The van der Waals surface area contributed by atoms with Gasteiger partial charge in [-0.3, -0.25) is 4.79 Å². The number of pyridine rings is 1. The fourth-order valence-electron chi connectivity index (χ4n) is 3.49. The van der Waals surface area contributed by atoms with Gasteiger partial charge in [0.2, 0.25) is 0 Å². The van der Waals surface area contributed by atoms with Gasteiger partial charge in [0.1, 0.15) is 11.3 Å². The minimum absolute atomic E-state index is 0.128. The fourth-order valence-corrected chi connectivity index (χ4v) is 3.49. The first kappa shape index (κ1) is 18.9. The number of hydrogen-bond donors (Lipinski definition) is 1. The lowest BCUT2D eigenvalue weighted by molar-refractivity contribution is 0.102. The smallest absolute Gasteiger partial charge is 0.255 e. The summed E-state index contributed by atoms with van der Waals surface area (Å²) in [7, 11) is 0. The summed E-state index contributed by atoms with van der Waals surface area (Å²) in [6.07, 6.45) is 3.69. The van der Waals surface area contributed by atoms with E-state index in [-0.39, 0.29) is 5.91 Å². The molecule has 1 amide bonds. The molecule has 0 bridgehead atoms. The van der Waals surface area contributed by atoms with Gasteiger partial charge < -0.3 is 9.88 Å². The SMILES string of the molecule is CCCn1c(-c2cccc(C(=O)Nc3cccc(CC)c3)c2)nc2cccnc21. The average Bonchev–Trinajstić information content (AvgIpc) is 3.13. The molecule has 1 N–H and O–H groups in total. The van der Waals surface area contributed by atoms with Crippen LogP contribution in [0.25, 0.3) is 22.6 Å². The molecule has 4 rings (SSSR count). The van der Waals surface area contributed by atoms with E-state index in [0.717, 1.165) is 47.6 Å². The van der Waals surface area contributed by atoms with E-state index >= 15 is 0 Å². The van der Waals surface area contributed by atoms with Gasteiger partial charge in [-0.15, -0.1) is 0 Å². The number of benzene rings is 2. The van der Waals surface area contributed by atoms with Crippen LogP contribution in [0, 0.1) is 0 Å². The van der Waals surface area contributed by atoms with Crippen molar-refractivity contribution in [2.24, 2.45) is 0 Å². The molecule has 0 saturated heterocycles. The Balaban J connectivity index is 1.68. The first-order valence-electron chi connectivity index (χ1n) is 10.0. The Hall–Kier alpha value is -3.47. The number of amides is 1. The van der Waals surface area contributed by atoms with Gasteiger partial charge >= 0.3 is 0 Å². The van der Waals surface area contributed by atoms with Crippen LogP contribution in [0.5, 0.6) is 0 Å². The Morgan fingerprint density at radius 2 is 1.90 bits per heavy atom. The molecule has 5 heteroatoms. The maximum atomic E-state index is 12.8. The summed E-state index contributed by atoms with van der Waals surface area (Å²) < 4.78 is 2.12. The predicted octanol–water partition coefficient (Wildman–Crippen LogP) is 5.32. The molecule has 0 saturated carbocycles. The standard InChI is InChI=1S/C24H24N4O/c1-3-14-28-22(27-21-12-7-13-25-23(21)28)18-9-6-10-19(16-18)24(29)26-20-11-5-8-17(4-2)15-20/h5-13,15-16H,3-4,14H2,1-2H3,(H,26,29). The quantitative estimate of drug-likeness (QED) is 0.489. The summed E-state index contributed by atoms with van der Waals surface area (Å²) in [6.45, 7) is 5.05. The van der Waals surface area contributed by atoms with Gasteiger partial charge in [-0.2, -0.15) is 0 Å². The minimum atomic E-state index is -0.128. The molecule has 2 heterocycles. The molecule has 0 aliphatic carbocycles. The van der Waals surface area contributed by atoms with Crippen molar-refractivity contribution in [1.82, 2.24) is 14.5 Å². The second-order valence-corrected chi connectivity index (χ2v) is 7.02. The Bertz CT molecular complexity index is 1160. The number of fused-ring (bicyclic) bond motifs is 1. The van der Waals surface area contributed by atoms with E-state index in [1.54, 1.807) is 6.20 Å². The number of hydrogen-bond acceptors (Lipinski definition) is 3. The molecular weight excluding hydrogens is 360 g/mol. The molecule has 4 aromatic rings. The number of rotatable bonds is 6. The van der Waals surface area contributed by atoms with Gasteiger partial charge in [0.25, 0.3) is 5.91 Å². The van der Waals surface area contributed by atoms with Crippen LogP contribution in [-0.2, 0) is 13.0 Å². The molecule has 0 fully saturated rings. The first-order valence-corrected chi connectivity index (χ1v) is 10.0. The molecule has 29 heavy (non-hydrogen) atoms. The number of aryl methyl sites for hydroxylation is 2. The van der Waals surface area contributed by atoms with Crippen LogP contribution in [0.4, 0.5) is 5.69 Å². The summed E-state index contributed by atoms with van der Waals surface area (Å²) >= 11 is 0. The summed E-state index contributed by atoms with van der Waals surface area (Å²) in [5.41, 5.74) is 5.25. The minimum Gasteiger partial charge on any atom is -0.322 e. The maximum Gasteiger partial charge on any atom is 0.255 e. The van der Waals surface area contributed by atoms with Gasteiger partial charge in [0.05, 0.1) is 0 Å². The Labute approximate surface area is 170 Å². The van der Waals surface area contributed by atoms with E-state index in [2.05, 4.69) is 34.8 Å². The summed E-state index contributed by atoms with van der Waals surface area (Å²) in [6, 6.07) is 19.4. The van der Waals surface area contributed by atoms with Crippen LogP contribution in [0.3, 0.4) is 0 Å². The second kappa shape index (κ2) is 8.27. The van der Waals surface area contributed by atoms with Crippen molar-refractivity contribution < 1.29 is 4.79 Å². The maximum absolute atomic E-state index is 12.8. The summed E-state index contributed by atoms with van der Waals surface area (Å²) in [4.78, 5) is 22.1. The highest BCUT2D eigenvalue weighted by Crippen LogP contribution is 2.25. The lowest BCUT2D eigenvalue weighted by Gasteiger charge is -2.10. The van der Waals surface area contributed by atoms with E-state index in [4.69, 9.17) is 4.98 Å². The van der Waals surface area contributed by atoms with Gasteiger partial charge in [-0.1, -0.05) is 38.1 Å². The van der Waals surface area contributed by atoms with Gasteiger partial charge in [-0.05, 0) is 54.8 Å². The summed E-state index contributed by atoms with van der Waals surface area (Å²) in [5, 5.41) is 3.00. The molecule has 0 radical (unpaired) electrons. The van der Waals surface area contributed by atoms with Gasteiger partial charge in [-0.25, -0.2) is 9.97 Å². The molecule has 0 unspecified atom stereocenters. The summed E-state index contributed by atoms with van der Waals surface area (Å²) in [5.74, 6) is 0.708. The van der Waals surface area contributed by atoms with E-state index < -0.39 is 0 Å². The van der Waals surface area contributed by atoms with Crippen LogP contribution >= 0.6 is 0 Å². The van der Waals surface area contributed by atoms with Crippen molar-refractivity contribution >= 4 is 22.8 Å². The lowest BCUT2D eigenvalue weighted by Crippen LogP contribution is -2.12. The molecular formula is C24H24N4O. The van der Waals surface area contributed by atoms with Crippen LogP contribution < -0.4 is 5.32 Å². The van der Waals surface area contributed by atoms with Crippen molar-refractivity contribution in [3.05, 3.63) is 78.0 Å². The van der Waals surface area contributed by atoms with Gasteiger partial charge in [0.15, 0.2) is 5.65 Å². The van der Waals surface area contributed by atoms with Crippen LogP contribution in [0.1, 0.15) is 36.2 Å². The third kappa shape index (κ3) is 3.90. The zero-order chi connectivity index (χ0) is 20.2. The Morgan fingerprint density at radius 1 is 1.03 bits per heavy atom. The molecule has 0 spiro atoms. The number of imidazole rings is 1. The fraction of sp³-hybridized carbons (Fsp3) is 0.208. The van der Waals surface area contributed by atoms with Crippen molar-refractivity contribution in [3.8, 4) is 11.4 Å². The lowest BCUT2D eigenvalue weighted by atomic mass is 10.1. The molecule has 2 aromatic carbocycles. The molecule has 0 atom stereocenters. The zero-order valence-corrected chi connectivity index (χ0v) is 16.7. The van der Waals surface area contributed by atoms with Gasteiger partial charge in [0, 0.05) is 29.6 Å². The van der Waals surface area contributed by atoms with E-state index in [9.17, 15) is 4.79 Å². The third-order valence-electron chi connectivity index (χ3n) is 4.93. The van der Waals surface area contributed by atoms with E-state index in [1.165, 1.54) is 5.56 Å².